The van der Waals surface area contributed by atoms with Crippen LogP contribution >= 0.6 is 11.3 Å². The van der Waals surface area contributed by atoms with Crippen LogP contribution < -0.4 is 10.2 Å². The van der Waals surface area contributed by atoms with Gasteiger partial charge in [-0.1, -0.05) is 0 Å². The number of aryl methyl sites for hydroxylation is 1. The number of hydrogen-bond acceptors (Lipinski definition) is 5. The van der Waals surface area contributed by atoms with Crippen LogP contribution in [0.15, 0.2) is 18.2 Å². The zero-order chi connectivity index (χ0) is 19.0. The van der Waals surface area contributed by atoms with E-state index in [-0.39, 0.29) is 16.7 Å². The van der Waals surface area contributed by atoms with Gasteiger partial charge in [0.15, 0.2) is 0 Å². The number of amides is 2. The van der Waals surface area contributed by atoms with Crippen LogP contribution in [0.3, 0.4) is 0 Å². The SMILES string of the molecule is CC(=O)N1CCc2cc(C(=O)NC(C)c3nc(C)c(C(=O)O)s3)ccc21. The maximum absolute atomic E-state index is 12.5. The molecule has 1 aromatic carbocycles. The van der Waals surface area contributed by atoms with Crippen LogP contribution in [-0.4, -0.2) is 34.4 Å². The highest BCUT2D eigenvalue weighted by Crippen LogP contribution is 2.29. The van der Waals surface area contributed by atoms with Gasteiger partial charge in [-0.3, -0.25) is 9.59 Å². The zero-order valence-electron chi connectivity index (χ0n) is 14.7. The molecule has 0 fully saturated rings. The molecule has 2 amide bonds. The van der Waals surface area contributed by atoms with Crippen LogP contribution in [-0.2, 0) is 11.2 Å². The average molecular weight is 373 g/mol. The molecule has 0 saturated carbocycles. The Balaban J connectivity index is 1.75. The molecule has 7 nitrogen and oxygen atoms in total. The van der Waals surface area contributed by atoms with Crippen molar-refractivity contribution < 1.29 is 19.5 Å². The number of rotatable bonds is 4. The number of carbonyl (C=O) groups is 3. The standard InChI is InChI=1S/C18H19N3O4S/c1-9-15(18(24)25)26-17(20-9)10(2)19-16(23)13-4-5-14-12(8-13)6-7-21(14)11(3)22/h4-5,8,10H,6-7H2,1-3H3,(H,19,23)(H,24,25). The molecule has 1 aliphatic rings. The minimum Gasteiger partial charge on any atom is -0.477 e. The summed E-state index contributed by atoms with van der Waals surface area (Å²) in [6, 6.07) is 4.88. The third kappa shape index (κ3) is 3.32. The van der Waals surface area contributed by atoms with Crippen molar-refractivity contribution in [1.82, 2.24) is 10.3 Å². The van der Waals surface area contributed by atoms with Gasteiger partial charge >= 0.3 is 5.97 Å². The molecule has 1 atom stereocenters. The fourth-order valence-electron chi connectivity index (χ4n) is 3.01. The van der Waals surface area contributed by atoms with Crippen molar-refractivity contribution in [2.24, 2.45) is 0 Å². The molecule has 0 saturated heterocycles. The fraction of sp³-hybridized carbons (Fsp3) is 0.333. The van der Waals surface area contributed by atoms with Crippen molar-refractivity contribution in [3.63, 3.8) is 0 Å². The Bertz CT molecular complexity index is 906. The van der Waals surface area contributed by atoms with Gasteiger partial charge in [0.1, 0.15) is 9.88 Å². The van der Waals surface area contributed by atoms with Gasteiger partial charge in [0, 0.05) is 24.7 Å². The van der Waals surface area contributed by atoms with Crippen molar-refractivity contribution in [2.45, 2.75) is 33.2 Å². The largest absolute Gasteiger partial charge is 0.477 e. The number of aromatic carboxylic acids is 1. The van der Waals surface area contributed by atoms with Crippen molar-refractivity contribution in [3.8, 4) is 0 Å². The molecule has 1 aromatic heterocycles. The Morgan fingerprint density at radius 1 is 1.35 bits per heavy atom. The van der Waals surface area contributed by atoms with Gasteiger partial charge in [-0.2, -0.15) is 0 Å². The van der Waals surface area contributed by atoms with Gasteiger partial charge in [0.25, 0.3) is 5.91 Å². The molecule has 1 aliphatic heterocycles. The summed E-state index contributed by atoms with van der Waals surface area (Å²) in [6.07, 6.45) is 0.721. The molecule has 1 unspecified atom stereocenters. The summed E-state index contributed by atoms with van der Waals surface area (Å²) < 4.78 is 0. The molecule has 0 radical (unpaired) electrons. The van der Waals surface area contributed by atoms with E-state index in [9.17, 15) is 14.4 Å². The van der Waals surface area contributed by atoms with E-state index in [4.69, 9.17) is 5.11 Å². The molecule has 0 spiro atoms. The lowest BCUT2D eigenvalue weighted by Gasteiger charge is -2.15. The van der Waals surface area contributed by atoms with E-state index in [0.717, 1.165) is 29.0 Å². The number of nitrogens with zero attached hydrogens (tertiary/aromatic N) is 2. The minimum atomic E-state index is -1.02. The quantitative estimate of drug-likeness (QED) is 0.858. The summed E-state index contributed by atoms with van der Waals surface area (Å²) in [4.78, 5) is 41.4. The van der Waals surface area contributed by atoms with Gasteiger partial charge in [-0.05, 0) is 44.0 Å². The zero-order valence-corrected chi connectivity index (χ0v) is 15.5. The topological polar surface area (TPSA) is 99.6 Å². The van der Waals surface area contributed by atoms with E-state index >= 15 is 0 Å². The summed E-state index contributed by atoms with van der Waals surface area (Å²) in [6.45, 7) is 5.56. The smallest absolute Gasteiger partial charge is 0.347 e. The van der Waals surface area contributed by atoms with Gasteiger partial charge in [-0.15, -0.1) is 11.3 Å². The molecule has 2 heterocycles. The Morgan fingerprint density at radius 3 is 2.69 bits per heavy atom. The minimum absolute atomic E-state index is 0.0112. The molecule has 26 heavy (non-hydrogen) atoms. The van der Waals surface area contributed by atoms with Crippen LogP contribution in [0.2, 0.25) is 0 Å². The summed E-state index contributed by atoms with van der Waals surface area (Å²) in [5.74, 6) is -1.28. The third-order valence-electron chi connectivity index (χ3n) is 4.34. The number of anilines is 1. The van der Waals surface area contributed by atoms with Crippen molar-refractivity contribution >= 4 is 34.8 Å². The van der Waals surface area contributed by atoms with E-state index in [1.54, 1.807) is 36.9 Å². The van der Waals surface area contributed by atoms with Gasteiger partial charge in [-0.25, -0.2) is 9.78 Å². The number of fused-ring (bicyclic) bond motifs is 1. The maximum Gasteiger partial charge on any atom is 0.347 e. The Kier molecular flexibility index (Phi) is 4.78. The number of carbonyl (C=O) groups excluding carboxylic acids is 2. The number of aromatic nitrogens is 1. The van der Waals surface area contributed by atoms with Crippen molar-refractivity contribution in [1.29, 1.82) is 0 Å². The number of benzene rings is 1. The van der Waals surface area contributed by atoms with Gasteiger partial charge in [0.05, 0.1) is 11.7 Å². The highest BCUT2D eigenvalue weighted by molar-refractivity contribution is 7.13. The average Bonchev–Trinajstić information content (AvgIpc) is 3.17. The third-order valence-corrected chi connectivity index (χ3v) is 5.67. The van der Waals surface area contributed by atoms with E-state index in [2.05, 4.69) is 10.3 Å². The molecular weight excluding hydrogens is 354 g/mol. The first-order valence-electron chi connectivity index (χ1n) is 8.20. The molecule has 2 N–H and O–H groups in total. The normalized spacial score (nSPS) is 14.0. The van der Waals surface area contributed by atoms with Crippen molar-refractivity contribution in [2.75, 3.05) is 11.4 Å². The molecule has 0 aliphatic carbocycles. The lowest BCUT2D eigenvalue weighted by atomic mass is 10.1. The van der Waals surface area contributed by atoms with Crippen molar-refractivity contribution in [3.05, 3.63) is 44.9 Å². The Hall–Kier alpha value is -2.74. The molecule has 136 valence electrons. The summed E-state index contributed by atoms with van der Waals surface area (Å²) in [5.41, 5.74) is 2.77. The molecule has 0 bridgehead atoms. The first-order valence-corrected chi connectivity index (χ1v) is 9.02. The predicted octanol–water partition coefficient (Wildman–Crippen LogP) is 2.55. The summed E-state index contributed by atoms with van der Waals surface area (Å²) >= 11 is 1.07. The van der Waals surface area contributed by atoms with Crippen LogP contribution in [0, 0.1) is 6.92 Å². The number of hydrogen-bond donors (Lipinski definition) is 2. The number of carboxylic acid groups (broad SMARTS) is 1. The highest BCUT2D eigenvalue weighted by Gasteiger charge is 2.24. The monoisotopic (exact) mass is 373 g/mol. The van der Waals surface area contributed by atoms with Crippen LogP contribution in [0.25, 0.3) is 0 Å². The number of nitrogens with one attached hydrogen (secondary N) is 1. The van der Waals surface area contributed by atoms with Gasteiger partial charge < -0.3 is 15.3 Å². The predicted molar refractivity (Wildman–Crippen MR) is 97.9 cm³/mol. The second kappa shape index (κ2) is 6.87. The van der Waals surface area contributed by atoms with Crippen LogP contribution in [0.1, 0.15) is 56.2 Å². The van der Waals surface area contributed by atoms with Crippen LogP contribution in [0.4, 0.5) is 5.69 Å². The second-order valence-electron chi connectivity index (χ2n) is 6.23. The number of carboxylic acids is 1. The summed E-state index contributed by atoms with van der Waals surface area (Å²) in [7, 11) is 0. The lowest BCUT2D eigenvalue weighted by molar-refractivity contribution is -0.116. The van der Waals surface area contributed by atoms with Gasteiger partial charge in [0.2, 0.25) is 5.91 Å². The highest BCUT2D eigenvalue weighted by atomic mass is 32.1. The van der Waals surface area contributed by atoms with E-state index in [1.807, 2.05) is 0 Å². The van der Waals surface area contributed by atoms with Crippen LogP contribution in [0.5, 0.6) is 0 Å². The molecule has 8 heteroatoms. The second-order valence-corrected chi connectivity index (χ2v) is 7.26. The summed E-state index contributed by atoms with van der Waals surface area (Å²) in [5, 5.41) is 12.5. The molecule has 2 aromatic rings. The Labute approximate surface area is 154 Å². The maximum atomic E-state index is 12.5. The Morgan fingerprint density at radius 2 is 2.08 bits per heavy atom. The fourth-order valence-corrected chi connectivity index (χ4v) is 3.92. The lowest BCUT2D eigenvalue weighted by Crippen LogP contribution is -2.27. The molecular formula is C18H19N3O4S. The van der Waals surface area contributed by atoms with E-state index in [0.29, 0.717) is 22.8 Å². The first-order chi connectivity index (χ1) is 12.3. The van der Waals surface area contributed by atoms with E-state index < -0.39 is 12.0 Å². The van der Waals surface area contributed by atoms with E-state index in [1.165, 1.54) is 6.92 Å². The first kappa shape index (κ1) is 18.1. The number of thiazole rings is 1. The molecule has 3 rings (SSSR count).